The van der Waals surface area contributed by atoms with Crippen LogP contribution >= 0.6 is 0 Å². The topological polar surface area (TPSA) is 15.3 Å². The highest BCUT2D eigenvalue weighted by atomic mass is 19.1. The second-order valence-electron chi connectivity index (χ2n) is 6.10. The predicted octanol–water partition coefficient (Wildman–Crippen LogP) is 3.24. The van der Waals surface area contributed by atoms with Crippen molar-refractivity contribution in [2.75, 3.05) is 13.1 Å². The van der Waals surface area contributed by atoms with Crippen LogP contribution in [0.15, 0.2) is 18.2 Å². The maximum atomic E-state index is 13.4. The lowest BCUT2D eigenvalue weighted by molar-refractivity contribution is 0.181. The summed E-state index contributed by atoms with van der Waals surface area (Å²) in [6.45, 7) is 4.12. The summed E-state index contributed by atoms with van der Waals surface area (Å²) < 4.78 is 26.8. The van der Waals surface area contributed by atoms with E-state index >= 15 is 0 Å². The van der Waals surface area contributed by atoms with Gasteiger partial charge in [-0.2, -0.15) is 0 Å². The molecule has 1 heterocycles. The molecule has 1 saturated carbocycles. The second-order valence-corrected chi connectivity index (χ2v) is 6.10. The first-order chi connectivity index (χ1) is 9.63. The lowest BCUT2D eigenvalue weighted by atomic mass is 10.0. The van der Waals surface area contributed by atoms with Gasteiger partial charge >= 0.3 is 0 Å². The summed E-state index contributed by atoms with van der Waals surface area (Å²) in [5, 5.41) is 3.51. The van der Waals surface area contributed by atoms with Crippen molar-refractivity contribution in [1.82, 2.24) is 10.2 Å². The monoisotopic (exact) mass is 280 g/mol. The van der Waals surface area contributed by atoms with E-state index in [-0.39, 0.29) is 6.04 Å². The quantitative estimate of drug-likeness (QED) is 0.890. The molecule has 0 amide bonds. The molecule has 1 aromatic carbocycles. The number of hydrogen-bond donors (Lipinski definition) is 1. The molecule has 0 bridgehead atoms. The van der Waals surface area contributed by atoms with E-state index in [1.165, 1.54) is 37.8 Å². The fourth-order valence-electron chi connectivity index (χ4n) is 3.20. The van der Waals surface area contributed by atoms with Gasteiger partial charge in [0.1, 0.15) is 11.6 Å². The van der Waals surface area contributed by atoms with Crippen LogP contribution in [0.25, 0.3) is 0 Å². The maximum Gasteiger partial charge on any atom is 0.126 e. The van der Waals surface area contributed by atoms with Crippen molar-refractivity contribution >= 4 is 0 Å². The van der Waals surface area contributed by atoms with Crippen LogP contribution in [0.2, 0.25) is 0 Å². The molecule has 0 radical (unpaired) electrons. The summed E-state index contributed by atoms with van der Waals surface area (Å²) in [4.78, 5) is 2.41. The number of hydrogen-bond acceptors (Lipinski definition) is 2. The molecule has 2 aliphatic rings. The Kier molecular flexibility index (Phi) is 4.03. The Morgan fingerprint density at radius 3 is 2.45 bits per heavy atom. The summed E-state index contributed by atoms with van der Waals surface area (Å²) in [5.74, 6) is -0.969. The van der Waals surface area contributed by atoms with Crippen LogP contribution < -0.4 is 5.32 Å². The molecule has 1 aliphatic heterocycles. The summed E-state index contributed by atoms with van der Waals surface area (Å²) in [5.41, 5.74) is 0.743. The fraction of sp³-hybridized carbons (Fsp3) is 0.625. The lowest BCUT2D eigenvalue weighted by Crippen LogP contribution is -2.40. The van der Waals surface area contributed by atoms with Gasteiger partial charge in [-0.1, -0.05) is 0 Å². The van der Waals surface area contributed by atoms with Crippen LogP contribution in [0, 0.1) is 11.6 Å². The van der Waals surface area contributed by atoms with Gasteiger partial charge in [-0.3, -0.25) is 4.90 Å². The van der Waals surface area contributed by atoms with Crippen LogP contribution in [0.1, 0.15) is 44.2 Å². The summed E-state index contributed by atoms with van der Waals surface area (Å²) in [7, 11) is 0. The highest BCUT2D eigenvalue weighted by molar-refractivity contribution is 5.21. The Balaban J connectivity index is 1.75. The highest BCUT2D eigenvalue weighted by Crippen LogP contribution is 2.35. The van der Waals surface area contributed by atoms with E-state index in [1.54, 1.807) is 0 Å². The van der Waals surface area contributed by atoms with Crippen molar-refractivity contribution in [1.29, 1.82) is 0 Å². The molecule has 110 valence electrons. The Hall–Kier alpha value is -1.00. The number of rotatable bonds is 5. The first kappa shape index (κ1) is 14.0. The zero-order chi connectivity index (χ0) is 14.1. The minimum atomic E-state index is -0.485. The van der Waals surface area contributed by atoms with E-state index in [0.29, 0.717) is 12.1 Å². The van der Waals surface area contributed by atoms with Crippen molar-refractivity contribution < 1.29 is 8.78 Å². The third kappa shape index (κ3) is 3.18. The van der Waals surface area contributed by atoms with Gasteiger partial charge in [0.2, 0.25) is 0 Å². The van der Waals surface area contributed by atoms with E-state index in [9.17, 15) is 8.78 Å². The minimum Gasteiger partial charge on any atom is -0.313 e. The van der Waals surface area contributed by atoms with Gasteiger partial charge in [0.05, 0.1) is 0 Å². The fourth-order valence-corrected chi connectivity index (χ4v) is 3.20. The molecule has 2 nitrogen and oxygen atoms in total. The van der Waals surface area contributed by atoms with Gasteiger partial charge in [0, 0.05) is 30.7 Å². The molecule has 4 heteroatoms. The van der Waals surface area contributed by atoms with Crippen molar-refractivity contribution in [2.45, 2.75) is 50.7 Å². The van der Waals surface area contributed by atoms with E-state index in [1.807, 2.05) is 0 Å². The number of halogens is 2. The van der Waals surface area contributed by atoms with E-state index in [2.05, 4.69) is 17.1 Å². The van der Waals surface area contributed by atoms with Crippen LogP contribution in [0.4, 0.5) is 8.78 Å². The average molecular weight is 280 g/mol. The lowest BCUT2D eigenvalue weighted by Gasteiger charge is -2.32. The predicted molar refractivity (Wildman–Crippen MR) is 75.5 cm³/mol. The van der Waals surface area contributed by atoms with Gasteiger partial charge in [-0.15, -0.1) is 0 Å². The molecule has 1 aliphatic carbocycles. The molecule has 0 spiro atoms. The van der Waals surface area contributed by atoms with Gasteiger partial charge < -0.3 is 5.32 Å². The van der Waals surface area contributed by atoms with E-state index in [0.717, 1.165) is 24.7 Å². The normalized spacial score (nSPS) is 24.3. The van der Waals surface area contributed by atoms with Crippen LogP contribution in [0.3, 0.4) is 0 Å². The third-order valence-electron chi connectivity index (χ3n) is 4.47. The zero-order valence-electron chi connectivity index (χ0n) is 11.9. The molecule has 3 rings (SSSR count). The molecule has 1 N–H and O–H groups in total. The SMILES string of the molecule is CC(c1cc(F)cc(F)c1)N(CC1CCCN1)C1CC1. The molecule has 2 fully saturated rings. The summed E-state index contributed by atoms with van der Waals surface area (Å²) in [6.07, 6.45) is 4.84. The van der Waals surface area contributed by atoms with Gasteiger partial charge in [0.25, 0.3) is 0 Å². The van der Waals surface area contributed by atoms with Crippen molar-refractivity contribution in [2.24, 2.45) is 0 Å². The summed E-state index contributed by atoms with van der Waals surface area (Å²) in [6, 6.07) is 5.04. The largest absolute Gasteiger partial charge is 0.313 e. The first-order valence-electron chi connectivity index (χ1n) is 7.58. The Bertz CT molecular complexity index is 447. The van der Waals surface area contributed by atoms with Gasteiger partial charge in [0.15, 0.2) is 0 Å². The molecular formula is C16H22F2N2. The Labute approximate surface area is 119 Å². The van der Waals surface area contributed by atoms with E-state index < -0.39 is 11.6 Å². The molecule has 1 saturated heterocycles. The van der Waals surface area contributed by atoms with Crippen molar-refractivity contribution in [3.05, 3.63) is 35.4 Å². The molecule has 2 atom stereocenters. The minimum absolute atomic E-state index is 0.0649. The van der Waals surface area contributed by atoms with Crippen LogP contribution in [0.5, 0.6) is 0 Å². The molecule has 2 unspecified atom stereocenters. The van der Waals surface area contributed by atoms with E-state index in [4.69, 9.17) is 0 Å². The number of nitrogens with one attached hydrogen (secondary N) is 1. The van der Waals surface area contributed by atoms with Crippen molar-refractivity contribution in [3.8, 4) is 0 Å². The zero-order valence-corrected chi connectivity index (χ0v) is 11.9. The second kappa shape index (κ2) is 5.78. The molecule has 20 heavy (non-hydrogen) atoms. The third-order valence-corrected chi connectivity index (χ3v) is 4.47. The Morgan fingerprint density at radius 1 is 1.20 bits per heavy atom. The molecule has 1 aromatic rings. The first-order valence-corrected chi connectivity index (χ1v) is 7.58. The van der Waals surface area contributed by atoms with Crippen LogP contribution in [-0.4, -0.2) is 30.1 Å². The summed E-state index contributed by atoms with van der Waals surface area (Å²) >= 11 is 0. The van der Waals surface area contributed by atoms with Gasteiger partial charge in [-0.05, 0) is 56.8 Å². The molecular weight excluding hydrogens is 258 g/mol. The molecule has 0 aromatic heterocycles. The number of benzene rings is 1. The standard InChI is InChI=1S/C16H22F2N2/c1-11(12-7-13(17)9-14(18)8-12)20(16-4-5-16)10-15-3-2-6-19-15/h7-9,11,15-16,19H,2-6,10H2,1H3. The number of nitrogens with zero attached hydrogens (tertiary/aromatic N) is 1. The average Bonchev–Trinajstić information content (AvgIpc) is 3.11. The Morgan fingerprint density at radius 2 is 1.90 bits per heavy atom. The van der Waals surface area contributed by atoms with Gasteiger partial charge in [-0.25, -0.2) is 8.78 Å². The highest BCUT2D eigenvalue weighted by Gasteiger charge is 2.34. The smallest absolute Gasteiger partial charge is 0.126 e. The van der Waals surface area contributed by atoms with Crippen molar-refractivity contribution in [3.63, 3.8) is 0 Å². The maximum absolute atomic E-state index is 13.4. The van der Waals surface area contributed by atoms with Crippen LogP contribution in [-0.2, 0) is 0 Å².